The van der Waals surface area contributed by atoms with Crippen LogP contribution in [-0.2, 0) is 0 Å². The summed E-state index contributed by atoms with van der Waals surface area (Å²) in [5.41, 5.74) is 0. The maximum atomic E-state index is 3.64. The predicted octanol–water partition coefficient (Wildman–Crippen LogP) is 3.86. The molecule has 1 aliphatic heterocycles. The first-order valence-electron chi connectivity index (χ1n) is 8.37. The molecule has 0 bridgehead atoms. The quantitative estimate of drug-likeness (QED) is 0.579. The number of hydrogen-bond acceptors (Lipinski definition) is 2. The van der Waals surface area contributed by atoms with Gasteiger partial charge in [-0.05, 0) is 19.4 Å². The number of rotatable bonds is 10. The van der Waals surface area contributed by atoms with Crippen LogP contribution in [0.3, 0.4) is 0 Å². The Morgan fingerprint density at radius 1 is 0.778 bits per heavy atom. The van der Waals surface area contributed by atoms with Gasteiger partial charge in [-0.3, -0.25) is 0 Å². The van der Waals surface area contributed by atoms with Gasteiger partial charge in [0, 0.05) is 19.1 Å². The third kappa shape index (κ3) is 8.93. The highest BCUT2D eigenvalue weighted by Crippen LogP contribution is 2.12. The van der Waals surface area contributed by atoms with Gasteiger partial charge in [-0.25, -0.2) is 0 Å². The van der Waals surface area contributed by atoms with E-state index in [1.165, 1.54) is 77.2 Å². The Morgan fingerprint density at radius 3 is 2.17 bits per heavy atom. The lowest BCUT2D eigenvalue weighted by Gasteiger charge is -2.14. The van der Waals surface area contributed by atoms with E-state index in [0.29, 0.717) is 0 Å². The van der Waals surface area contributed by atoms with Crippen LogP contribution in [0.4, 0.5) is 0 Å². The third-order valence-corrected chi connectivity index (χ3v) is 4.06. The van der Waals surface area contributed by atoms with Gasteiger partial charge in [0.2, 0.25) is 0 Å². The minimum Gasteiger partial charge on any atom is -0.315 e. The fourth-order valence-electron chi connectivity index (χ4n) is 2.82. The van der Waals surface area contributed by atoms with Crippen LogP contribution in [0.5, 0.6) is 0 Å². The van der Waals surface area contributed by atoms with Crippen molar-refractivity contribution in [3.8, 4) is 0 Å². The Morgan fingerprint density at radius 2 is 1.44 bits per heavy atom. The van der Waals surface area contributed by atoms with Crippen molar-refractivity contribution in [1.29, 1.82) is 0 Å². The fourth-order valence-corrected chi connectivity index (χ4v) is 2.82. The van der Waals surface area contributed by atoms with E-state index in [2.05, 4.69) is 17.6 Å². The molecule has 1 heterocycles. The topological polar surface area (TPSA) is 24.1 Å². The Kier molecular flexibility index (Phi) is 10.6. The molecule has 0 saturated carbocycles. The SMILES string of the molecule is CCCCCCCCCCCC1CCNCCN1. The van der Waals surface area contributed by atoms with Crippen molar-refractivity contribution in [3.05, 3.63) is 0 Å². The summed E-state index contributed by atoms with van der Waals surface area (Å²) in [7, 11) is 0. The van der Waals surface area contributed by atoms with E-state index in [1.54, 1.807) is 0 Å². The van der Waals surface area contributed by atoms with Gasteiger partial charge < -0.3 is 10.6 Å². The zero-order valence-electron chi connectivity index (χ0n) is 12.5. The lowest BCUT2D eigenvalue weighted by atomic mass is 10.0. The Labute approximate surface area is 114 Å². The van der Waals surface area contributed by atoms with E-state index in [-0.39, 0.29) is 0 Å². The van der Waals surface area contributed by atoms with Crippen molar-refractivity contribution in [1.82, 2.24) is 10.6 Å². The first-order chi connectivity index (χ1) is 8.93. The van der Waals surface area contributed by atoms with Gasteiger partial charge in [-0.2, -0.15) is 0 Å². The molecule has 0 radical (unpaired) electrons. The maximum Gasteiger partial charge on any atom is 0.00796 e. The van der Waals surface area contributed by atoms with Crippen molar-refractivity contribution in [3.63, 3.8) is 0 Å². The molecule has 1 atom stereocenters. The lowest BCUT2D eigenvalue weighted by molar-refractivity contribution is 0.456. The molecule has 2 heteroatoms. The molecule has 1 fully saturated rings. The van der Waals surface area contributed by atoms with Crippen molar-refractivity contribution >= 4 is 0 Å². The molecule has 18 heavy (non-hydrogen) atoms. The number of unbranched alkanes of at least 4 members (excludes halogenated alkanes) is 8. The third-order valence-electron chi connectivity index (χ3n) is 4.06. The van der Waals surface area contributed by atoms with Crippen LogP contribution in [0.15, 0.2) is 0 Å². The molecule has 0 amide bonds. The summed E-state index contributed by atoms with van der Waals surface area (Å²) in [5.74, 6) is 0. The highest BCUT2D eigenvalue weighted by molar-refractivity contribution is 4.72. The molecule has 1 rings (SSSR count). The molecular weight excluding hydrogens is 220 g/mol. The summed E-state index contributed by atoms with van der Waals surface area (Å²) in [6.07, 6.45) is 15.7. The minimum atomic E-state index is 0.782. The predicted molar refractivity (Wildman–Crippen MR) is 81.1 cm³/mol. The molecule has 0 spiro atoms. The lowest BCUT2D eigenvalue weighted by Crippen LogP contribution is -2.29. The van der Waals surface area contributed by atoms with Gasteiger partial charge in [0.1, 0.15) is 0 Å². The standard InChI is InChI=1S/C16H34N2/c1-2-3-4-5-6-7-8-9-10-11-16-12-13-17-14-15-18-16/h16-18H,2-15H2,1H3. The Balaban J connectivity index is 1.80. The molecule has 108 valence electrons. The zero-order chi connectivity index (χ0) is 12.9. The van der Waals surface area contributed by atoms with E-state index >= 15 is 0 Å². The molecule has 0 aromatic carbocycles. The van der Waals surface area contributed by atoms with E-state index in [1.807, 2.05) is 0 Å². The fraction of sp³-hybridized carbons (Fsp3) is 1.00. The van der Waals surface area contributed by atoms with Crippen LogP contribution < -0.4 is 10.6 Å². The average molecular weight is 254 g/mol. The van der Waals surface area contributed by atoms with Crippen molar-refractivity contribution < 1.29 is 0 Å². The highest BCUT2D eigenvalue weighted by Gasteiger charge is 2.09. The monoisotopic (exact) mass is 254 g/mol. The van der Waals surface area contributed by atoms with Crippen LogP contribution in [0.2, 0.25) is 0 Å². The van der Waals surface area contributed by atoms with Crippen LogP contribution in [0.25, 0.3) is 0 Å². The second-order valence-corrected chi connectivity index (χ2v) is 5.81. The van der Waals surface area contributed by atoms with Crippen LogP contribution in [0, 0.1) is 0 Å². The zero-order valence-corrected chi connectivity index (χ0v) is 12.5. The summed E-state index contributed by atoms with van der Waals surface area (Å²) in [6.45, 7) is 5.79. The normalized spacial score (nSPS) is 20.8. The summed E-state index contributed by atoms with van der Waals surface area (Å²) >= 11 is 0. The molecule has 2 nitrogen and oxygen atoms in total. The number of nitrogens with one attached hydrogen (secondary N) is 2. The van der Waals surface area contributed by atoms with Gasteiger partial charge in [0.05, 0.1) is 0 Å². The highest BCUT2D eigenvalue weighted by atomic mass is 15.0. The van der Waals surface area contributed by atoms with Gasteiger partial charge >= 0.3 is 0 Å². The van der Waals surface area contributed by atoms with Crippen molar-refractivity contribution in [2.45, 2.75) is 83.6 Å². The van der Waals surface area contributed by atoms with E-state index < -0.39 is 0 Å². The molecular formula is C16H34N2. The number of hydrogen-bond donors (Lipinski definition) is 2. The van der Waals surface area contributed by atoms with Crippen LogP contribution in [0.1, 0.15) is 77.6 Å². The van der Waals surface area contributed by atoms with Gasteiger partial charge in [0.25, 0.3) is 0 Å². The second-order valence-electron chi connectivity index (χ2n) is 5.81. The summed E-state index contributed by atoms with van der Waals surface area (Å²) in [4.78, 5) is 0. The summed E-state index contributed by atoms with van der Waals surface area (Å²) in [5, 5.41) is 7.09. The van der Waals surface area contributed by atoms with E-state index in [0.717, 1.165) is 19.1 Å². The van der Waals surface area contributed by atoms with E-state index in [4.69, 9.17) is 0 Å². The van der Waals surface area contributed by atoms with Gasteiger partial charge in [-0.15, -0.1) is 0 Å². The smallest absolute Gasteiger partial charge is 0.00796 e. The molecule has 2 N–H and O–H groups in total. The van der Waals surface area contributed by atoms with Crippen molar-refractivity contribution in [2.75, 3.05) is 19.6 Å². The molecule has 1 unspecified atom stereocenters. The second kappa shape index (κ2) is 12.0. The summed E-state index contributed by atoms with van der Waals surface area (Å²) in [6, 6.07) is 0.782. The molecule has 1 saturated heterocycles. The van der Waals surface area contributed by atoms with Gasteiger partial charge in [-0.1, -0.05) is 64.7 Å². The van der Waals surface area contributed by atoms with Crippen LogP contribution in [-0.4, -0.2) is 25.7 Å². The minimum absolute atomic E-state index is 0.782. The molecule has 0 aliphatic carbocycles. The van der Waals surface area contributed by atoms with Crippen molar-refractivity contribution in [2.24, 2.45) is 0 Å². The Bertz CT molecular complexity index is 162. The first kappa shape index (κ1) is 16.0. The molecule has 0 aromatic rings. The largest absolute Gasteiger partial charge is 0.315 e. The molecule has 1 aliphatic rings. The Hall–Kier alpha value is -0.0800. The van der Waals surface area contributed by atoms with Crippen LogP contribution >= 0.6 is 0 Å². The average Bonchev–Trinajstić information content (AvgIpc) is 2.65. The first-order valence-corrected chi connectivity index (χ1v) is 8.37. The molecule has 0 aromatic heterocycles. The summed E-state index contributed by atoms with van der Waals surface area (Å²) < 4.78 is 0. The van der Waals surface area contributed by atoms with E-state index in [9.17, 15) is 0 Å². The maximum absolute atomic E-state index is 3.64. The van der Waals surface area contributed by atoms with Gasteiger partial charge in [0.15, 0.2) is 0 Å².